The van der Waals surface area contributed by atoms with Gasteiger partial charge in [-0.25, -0.2) is 4.68 Å². The Bertz CT molecular complexity index is 455. The molecule has 1 fully saturated rings. The van der Waals surface area contributed by atoms with Crippen molar-refractivity contribution in [2.75, 3.05) is 6.54 Å². The first-order chi connectivity index (χ1) is 9.13. The monoisotopic (exact) mass is 267 g/mol. The highest BCUT2D eigenvalue weighted by Crippen LogP contribution is 2.18. The second kappa shape index (κ2) is 6.28. The Balaban J connectivity index is 1.64. The molecule has 3 N–H and O–H groups in total. The molecule has 1 amide bonds. The Hall–Kier alpha value is -1.96. The maximum Gasteiger partial charge on any atom is 0.325 e. The predicted molar refractivity (Wildman–Crippen MR) is 65.1 cm³/mol. The maximum absolute atomic E-state index is 11.5. The Kier molecular flexibility index (Phi) is 4.45. The van der Waals surface area contributed by atoms with Crippen LogP contribution in [0, 0.1) is 0 Å². The van der Waals surface area contributed by atoms with Crippen molar-refractivity contribution in [2.45, 2.75) is 38.4 Å². The van der Waals surface area contributed by atoms with Crippen molar-refractivity contribution >= 4 is 11.9 Å². The second-order valence-electron chi connectivity index (χ2n) is 4.56. The molecule has 0 atom stereocenters. The van der Waals surface area contributed by atoms with Crippen LogP contribution >= 0.6 is 0 Å². The highest BCUT2D eigenvalue weighted by molar-refractivity contribution is 5.76. The number of aliphatic carboxylic acids is 1. The van der Waals surface area contributed by atoms with Crippen LogP contribution in [0.5, 0.6) is 0 Å². The van der Waals surface area contributed by atoms with Crippen LogP contribution in [0.15, 0.2) is 6.20 Å². The summed E-state index contributed by atoms with van der Waals surface area (Å²) >= 11 is 0. The number of nitrogens with one attached hydrogen (secondary N) is 2. The Morgan fingerprint density at radius 3 is 2.95 bits per heavy atom. The van der Waals surface area contributed by atoms with Crippen molar-refractivity contribution in [1.29, 1.82) is 0 Å². The highest BCUT2D eigenvalue weighted by atomic mass is 16.4. The van der Waals surface area contributed by atoms with Gasteiger partial charge in [-0.05, 0) is 12.8 Å². The van der Waals surface area contributed by atoms with Crippen molar-refractivity contribution in [2.24, 2.45) is 0 Å². The summed E-state index contributed by atoms with van der Waals surface area (Å²) in [7, 11) is 0. The second-order valence-corrected chi connectivity index (χ2v) is 4.56. The maximum atomic E-state index is 11.5. The molecule has 1 saturated carbocycles. The van der Waals surface area contributed by atoms with E-state index in [-0.39, 0.29) is 19.0 Å². The van der Waals surface area contributed by atoms with Gasteiger partial charge < -0.3 is 15.7 Å². The number of carbonyl (C=O) groups is 2. The molecule has 1 aliphatic carbocycles. The largest absolute Gasteiger partial charge is 0.480 e. The summed E-state index contributed by atoms with van der Waals surface area (Å²) in [4.78, 5) is 22.0. The first kappa shape index (κ1) is 13.5. The molecule has 2 rings (SSSR count). The van der Waals surface area contributed by atoms with Gasteiger partial charge in [0, 0.05) is 19.0 Å². The average Bonchev–Trinajstić information content (AvgIpc) is 3.06. The zero-order valence-electron chi connectivity index (χ0n) is 10.5. The summed E-state index contributed by atoms with van der Waals surface area (Å²) in [6.07, 6.45) is 4.35. The fourth-order valence-corrected chi connectivity index (χ4v) is 1.59. The van der Waals surface area contributed by atoms with Gasteiger partial charge in [-0.15, -0.1) is 5.10 Å². The van der Waals surface area contributed by atoms with Crippen molar-refractivity contribution in [1.82, 2.24) is 25.6 Å². The van der Waals surface area contributed by atoms with Gasteiger partial charge in [-0.1, -0.05) is 5.21 Å². The Labute approximate surface area is 110 Å². The molecule has 1 heterocycles. The van der Waals surface area contributed by atoms with Crippen LogP contribution in [0.3, 0.4) is 0 Å². The number of hydrogen-bond donors (Lipinski definition) is 3. The summed E-state index contributed by atoms with van der Waals surface area (Å²) in [6.45, 7) is 0.719. The quantitative estimate of drug-likeness (QED) is 0.564. The summed E-state index contributed by atoms with van der Waals surface area (Å²) in [5.41, 5.74) is 0.546. The van der Waals surface area contributed by atoms with E-state index in [0.717, 1.165) is 0 Å². The molecule has 8 heteroatoms. The molecule has 0 radical (unpaired) electrons. The number of hydrogen-bond acceptors (Lipinski definition) is 5. The smallest absolute Gasteiger partial charge is 0.325 e. The first-order valence-electron chi connectivity index (χ1n) is 6.24. The topological polar surface area (TPSA) is 109 Å². The summed E-state index contributed by atoms with van der Waals surface area (Å²) in [5.74, 6) is -1.03. The molecule has 19 heavy (non-hydrogen) atoms. The molecular weight excluding hydrogens is 250 g/mol. The van der Waals surface area contributed by atoms with Crippen LogP contribution in [0.2, 0.25) is 0 Å². The number of nitrogens with zero attached hydrogens (tertiary/aromatic N) is 3. The van der Waals surface area contributed by atoms with Gasteiger partial charge >= 0.3 is 5.97 Å². The molecular formula is C11H17N5O3. The molecule has 1 aromatic rings. The normalized spacial score (nSPS) is 14.3. The third-order valence-electron chi connectivity index (χ3n) is 2.71. The highest BCUT2D eigenvalue weighted by Gasteiger charge is 2.20. The van der Waals surface area contributed by atoms with Crippen LogP contribution in [0.25, 0.3) is 0 Å². The Morgan fingerprint density at radius 2 is 2.26 bits per heavy atom. The van der Waals surface area contributed by atoms with E-state index in [2.05, 4.69) is 20.9 Å². The van der Waals surface area contributed by atoms with E-state index in [0.29, 0.717) is 24.7 Å². The molecule has 1 aromatic heterocycles. The van der Waals surface area contributed by atoms with Crippen LogP contribution < -0.4 is 10.6 Å². The van der Waals surface area contributed by atoms with Gasteiger partial charge in [0.2, 0.25) is 5.91 Å². The molecule has 1 aliphatic rings. The number of aromatic nitrogens is 3. The lowest BCUT2D eigenvalue weighted by Gasteiger charge is -2.03. The van der Waals surface area contributed by atoms with E-state index in [1.165, 1.54) is 23.7 Å². The van der Waals surface area contributed by atoms with Gasteiger partial charge in [-0.2, -0.15) is 0 Å². The minimum Gasteiger partial charge on any atom is -0.480 e. The fraction of sp³-hybridized carbons (Fsp3) is 0.636. The molecule has 0 aliphatic heterocycles. The van der Waals surface area contributed by atoms with Gasteiger partial charge in [0.05, 0.1) is 12.7 Å². The van der Waals surface area contributed by atoms with Gasteiger partial charge in [0.25, 0.3) is 0 Å². The molecule has 0 spiro atoms. The van der Waals surface area contributed by atoms with E-state index < -0.39 is 5.97 Å². The number of carboxylic acid groups (broad SMARTS) is 1. The first-order valence-corrected chi connectivity index (χ1v) is 6.24. The zero-order chi connectivity index (χ0) is 13.7. The van der Waals surface area contributed by atoms with E-state index >= 15 is 0 Å². The van der Waals surface area contributed by atoms with Crippen LogP contribution in [0.1, 0.15) is 25.0 Å². The summed E-state index contributed by atoms with van der Waals surface area (Å²) in [6, 6.07) is 0.601. The molecule has 0 bridgehead atoms. The van der Waals surface area contributed by atoms with Crippen LogP contribution in [-0.2, 0) is 22.7 Å². The fourth-order valence-electron chi connectivity index (χ4n) is 1.59. The summed E-state index contributed by atoms with van der Waals surface area (Å²) < 4.78 is 1.22. The third-order valence-corrected chi connectivity index (χ3v) is 2.71. The SMILES string of the molecule is O=C(O)Cn1cc(CNC(=O)CCNC2CC2)nn1. The van der Waals surface area contributed by atoms with Gasteiger partial charge in [0.15, 0.2) is 0 Å². The lowest BCUT2D eigenvalue weighted by molar-refractivity contribution is -0.138. The standard InChI is InChI=1S/C11H17N5O3/c17-10(3-4-12-8-1-2-8)13-5-9-6-16(15-14-9)7-11(18)19/h6,8,12H,1-5,7H2,(H,13,17)(H,18,19). The van der Waals surface area contributed by atoms with Crippen molar-refractivity contribution in [3.63, 3.8) is 0 Å². The summed E-state index contributed by atoms with van der Waals surface area (Å²) in [5, 5.41) is 22.0. The minimum atomic E-state index is -0.980. The number of carbonyl (C=O) groups excluding carboxylic acids is 1. The molecule has 8 nitrogen and oxygen atoms in total. The van der Waals surface area contributed by atoms with E-state index in [4.69, 9.17) is 5.11 Å². The van der Waals surface area contributed by atoms with E-state index in [1.54, 1.807) is 0 Å². The van der Waals surface area contributed by atoms with Crippen LogP contribution in [-0.4, -0.2) is 44.6 Å². The molecule has 0 unspecified atom stereocenters. The molecule has 104 valence electrons. The lowest BCUT2D eigenvalue weighted by atomic mass is 10.3. The zero-order valence-corrected chi connectivity index (χ0v) is 10.5. The van der Waals surface area contributed by atoms with Gasteiger partial charge in [0.1, 0.15) is 12.2 Å². The van der Waals surface area contributed by atoms with Crippen LogP contribution in [0.4, 0.5) is 0 Å². The van der Waals surface area contributed by atoms with Crippen molar-refractivity contribution in [3.05, 3.63) is 11.9 Å². The van der Waals surface area contributed by atoms with E-state index in [9.17, 15) is 9.59 Å². The van der Waals surface area contributed by atoms with E-state index in [1.807, 2.05) is 0 Å². The number of rotatable bonds is 8. The molecule has 0 saturated heterocycles. The number of amides is 1. The third kappa shape index (κ3) is 5.04. The van der Waals surface area contributed by atoms with Crippen molar-refractivity contribution < 1.29 is 14.7 Å². The predicted octanol–water partition coefficient (Wildman–Crippen LogP) is -0.879. The minimum absolute atomic E-state index is 0.0547. The Morgan fingerprint density at radius 1 is 1.47 bits per heavy atom. The molecule has 0 aromatic carbocycles. The van der Waals surface area contributed by atoms with Crippen molar-refractivity contribution in [3.8, 4) is 0 Å². The lowest BCUT2D eigenvalue weighted by Crippen LogP contribution is -2.28. The van der Waals surface area contributed by atoms with Gasteiger partial charge in [-0.3, -0.25) is 9.59 Å². The average molecular weight is 267 g/mol. The number of carboxylic acids is 1.